The maximum absolute atomic E-state index is 13.1. The van der Waals surface area contributed by atoms with E-state index in [2.05, 4.69) is 23.1 Å². The van der Waals surface area contributed by atoms with Crippen LogP contribution in [0.2, 0.25) is 0 Å². The van der Waals surface area contributed by atoms with Crippen molar-refractivity contribution in [2.24, 2.45) is 11.3 Å². The molecule has 4 atom stereocenters. The van der Waals surface area contributed by atoms with Gasteiger partial charge in [0.1, 0.15) is 11.4 Å². The maximum atomic E-state index is 13.1. The van der Waals surface area contributed by atoms with E-state index >= 15 is 0 Å². The summed E-state index contributed by atoms with van der Waals surface area (Å²) in [5.74, 6) is 1.45. The van der Waals surface area contributed by atoms with Crippen LogP contribution < -0.4 is 9.64 Å². The quantitative estimate of drug-likeness (QED) is 0.316. The van der Waals surface area contributed by atoms with Crippen molar-refractivity contribution in [2.75, 3.05) is 18.6 Å². The van der Waals surface area contributed by atoms with Crippen LogP contribution >= 0.6 is 11.6 Å². The molecular weight excluding hydrogens is 486 g/mol. The summed E-state index contributed by atoms with van der Waals surface area (Å²) in [6, 6.07) is 12.5. The highest BCUT2D eigenvalue weighted by Crippen LogP contribution is 2.68. The lowest BCUT2D eigenvalue weighted by atomic mass is 9.72. The van der Waals surface area contributed by atoms with E-state index in [-0.39, 0.29) is 23.2 Å². The topological polar surface area (TPSA) is 55.8 Å². The van der Waals surface area contributed by atoms with Crippen LogP contribution in [0.25, 0.3) is 0 Å². The van der Waals surface area contributed by atoms with E-state index in [9.17, 15) is 9.59 Å². The number of fused-ring (bicyclic) bond motifs is 7. The molecule has 0 radical (unpaired) electrons. The monoisotopic (exact) mass is 521 g/mol. The Balaban J connectivity index is 1.52. The molecule has 6 rings (SSSR count). The number of hydrogen-bond donors (Lipinski definition) is 0. The number of benzene rings is 2. The lowest BCUT2D eigenvalue weighted by Crippen LogP contribution is -2.35. The van der Waals surface area contributed by atoms with Crippen LogP contribution in [0.15, 0.2) is 36.4 Å². The Labute approximate surface area is 224 Å². The second-order valence-electron chi connectivity index (χ2n) is 12.5. The Kier molecular flexibility index (Phi) is 5.87. The molecule has 2 heterocycles. The van der Waals surface area contributed by atoms with Gasteiger partial charge in [0.2, 0.25) is 5.24 Å². The smallest absolute Gasteiger partial charge is 0.338 e. The molecule has 2 aliphatic heterocycles. The van der Waals surface area contributed by atoms with Crippen LogP contribution in [-0.4, -0.2) is 30.5 Å². The van der Waals surface area contributed by atoms with Gasteiger partial charge in [-0.25, -0.2) is 4.79 Å². The predicted octanol–water partition coefficient (Wildman–Crippen LogP) is 7.13. The highest BCUT2D eigenvalue weighted by Gasteiger charge is 2.65. The average molecular weight is 522 g/mol. The third-order valence-electron chi connectivity index (χ3n) is 9.07. The number of nitrogens with zero attached hydrogens (tertiary/aromatic N) is 1. The molecule has 196 valence electrons. The van der Waals surface area contributed by atoms with Gasteiger partial charge in [0.25, 0.3) is 0 Å². The van der Waals surface area contributed by atoms with Gasteiger partial charge in [-0.15, -0.1) is 0 Å². The maximum Gasteiger partial charge on any atom is 0.338 e. The minimum Gasteiger partial charge on any atom is -0.497 e. The van der Waals surface area contributed by atoms with E-state index < -0.39 is 11.0 Å². The summed E-state index contributed by atoms with van der Waals surface area (Å²) in [5.41, 5.74) is 4.17. The van der Waals surface area contributed by atoms with E-state index in [1.807, 2.05) is 39.0 Å². The Morgan fingerprint density at radius 1 is 1.00 bits per heavy atom. The number of hydrogen-bond acceptors (Lipinski definition) is 5. The molecule has 2 saturated carbocycles. The van der Waals surface area contributed by atoms with Crippen LogP contribution in [0.3, 0.4) is 0 Å². The Morgan fingerprint density at radius 2 is 1.73 bits per heavy atom. The molecule has 6 heteroatoms. The molecule has 5 nitrogen and oxygen atoms in total. The standard InChI is InChI=1S/C31H36ClNO4/c1-30(2,3)37-28(34)19-10-12-22-25(14-19)33-17-31(29(32)35)16-24(31)23-15-20(36-4)11-13-21(23)27(33)26(22)18-8-6-5-7-9-18/h10-15,18,24,26-27H,5-9,16-17H2,1-4H3. The van der Waals surface area contributed by atoms with Crippen molar-refractivity contribution in [2.45, 2.75) is 82.8 Å². The van der Waals surface area contributed by atoms with Crippen LogP contribution in [0.1, 0.15) is 104 Å². The summed E-state index contributed by atoms with van der Waals surface area (Å²) in [5, 5.41) is -0.266. The molecule has 2 aromatic carbocycles. The molecule has 0 amide bonds. The highest BCUT2D eigenvalue weighted by atomic mass is 35.5. The fourth-order valence-electron chi connectivity index (χ4n) is 7.32. The van der Waals surface area contributed by atoms with Crippen LogP contribution in [-0.2, 0) is 9.53 Å². The van der Waals surface area contributed by atoms with Crippen molar-refractivity contribution in [3.8, 4) is 5.75 Å². The van der Waals surface area contributed by atoms with Crippen LogP contribution in [0.4, 0.5) is 5.69 Å². The molecule has 4 unspecified atom stereocenters. The molecule has 2 aliphatic carbocycles. The van der Waals surface area contributed by atoms with Gasteiger partial charge in [-0.3, -0.25) is 4.79 Å². The number of ether oxygens (including phenoxy) is 2. The summed E-state index contributed by atoms with van der Waals surface area (Å²) in [7, 11) is 1.69. The molecule has 0 spiro atoms. The van der Waals surface area contributed by atoms with Crippen LogP contribution in [0.5, 0.6) is 5.75 Å². The summed E-state index contributed by atoms with van der Waals surface area (Å²) in [6.45, 7) is 6.22. The Hall–Kier alpha value is -2.53. The average Bonchev–Trinajstić information content (AvgIpc) is 3.54. The van der Waals surface area contributed by atoms with E-state index in [4.69, 9.17) is 21.1 Å². The van der Waals surface area contributed by atoms with E-state index in [0.29, 0.717) is 23.9 Å². The first kappa shape index (κ1) is 24.8. The Bertz CT molecular complexity index is 1260. The first-order chi connectivity index (χ1) is 17.6. The number of methoxy groups -OCH3 is 1. The van der Waals surface area contributed by atoms with Gasteiger partial charge in [-0.2, -0.15) is 0 Å². The summed E-state index contributed by atoms with van der Waals surface area (Å²) < 4.78 is 11.3. The molecule has 0 aromatic heterocycles. The first-order valence-electron chi connectivity index (χ1n) is 13.6. The third-order valence-corrected chi connectivity index (χ3v) is 9.45. The van der Waals surface area contributed by atoms with Gasteiger partial charge in [0.15, 0.2) is 0 Å². The minimum absolute atomic E-state index is 0.0951. The highest BCUT2D eigenvalue weighted by molar-refractivity contribution is 6.65. The number of carbonyl (C=O) groups is 2. The van der Waals surface area contributed by atoms with Crippen molar-refractivity contribution < 1.29 is 19.1 Å². The zero-order valence-corrected chi connectivity index (χ0v) is 22.9. The van der Waals surface area contributed by atoms with E-state index in [0.717, 1.165) is 17.9 Å². The normalized spacial score (nSPS) is 28.4. The predicted molar refractivity (Wildman–Crippen MR) is 145 cm³/mol. The third kappa shape index (κ3) is 4.05. The number of halogens is 1. The van der Waals surface area contributed by atoms with E-state index in [1.54, 1.807) is 7.11 Å². The first-order valence-corrected chi connectivity index (χ1v) is 14.0. The Morgan fingerprint density at radius 3 is 2.41 bits per heavy atom. The molecule has 4 aliphatic rings. The second-order valence-corrected chi connectivity index (χ2v) is 12.8. The number of carbonyl (C=O) groups excluding carboxylic acids is 2. The molecule has 0 bridgehead atoms. The fraction of sp³-hybridized carbons (Fsp3) is 0.548. The molecule has 37 heavy (non-hydrogen) atoms. The number of rotatable bonds is 4. The zero-order chi connectivity index (χ0) is 26.1. The molecular formula is C31H36ClNO4. The van der Waals surface area contributed by atoms with Crippen molar-refractivity contribution in [1.82, 2.24) is 0 Å². The summed E-state index contributed by atoms with van der Waals surface area (Å²) in [6.07, 6.45) is 6.95. The van der Waals surface area contributed by atoms with Gasteiger partial charge in [-0.05, 0) is 98.5 Å². The largest absolute Gasteiger partial charge is 0.497 e. The van der Waals surface area contributed by atoms with Gasteiger partial charge in [0, 0.05) is 24.1 Å². The lowest BCUT2D eigenvalue weighted by molar-refractivity contribution is -0.116. The number of esters is 1. The molecule has 0 saturated heterocycles. The zero-order valence-electron chi connectivity index (χ0n) is 22.2. The number of anilines is 1. The van der Waals surface area contributed by atoms with Gasteiger partial charge < -0.3 is 14.4 Å². The molecule has 0 N–H and O–H groups in total. The van der Waals surface area contributed by atoms with Crippen molar-refractivity contribution in [1.29, 1.82) is 0 Å². The summed E-state index contributed by atoms with van der Waals surface area (Å²) in [4.78, 5) is 28.4. The van der Waals surface area contributed by atoms with E-state index in [1.165, 1.54) is 48.8 Å². The molecule has 2 fully saturated rings. The van der Waals surface area contributed by atoms with Crippen molar-refractivity contribution >= 4 is 28.5 Å². The lowest BCUT2D eigenvalue weighted by Gasteiger charge is -2.36. The second kappa shape index (κ2) is 8.76. The minimum atomic E-state index is -0.613. The fourth-order valence-corrected chi connectivity index (χ4v) is 7.59. The van der Waals surface area contributed by atoms with Crippen LogP contribution in [0, 0.1) is 11.3 Å². The van der Waals surface area contributed by atoms with Crippen molar-refractivity contribution in [3.63, 3.8) is 0 Å². The van der Waals surface area contributed by atoms with Gasteiger partial charge in [-0.1, -0.05) is 31.4 Å². The SMILES string of the molecule is COc1ccc2c(c1)C1CC1(C(=O)Cl)CN1c3cc(C(=O)OC(C)(C)C)ccc3C(C3CCCCC3)C21. The van der Waals surface area contributed by atoms with Crippen molar-refractivity contribution in [3.05, 3.63) is 58.7 Å². The van der Waals surface area contributed by atoms with Gasteiger partial charge in [0.05, 0.1) is 24.1 Å². The van der Waals surface area contributed by atoms with Gasteiger partial charge >= 0.3 is 5.97 Å². The molecule has 2 aromatic rings. The summed E-state index contributed by atoms with van der Waals surface area (Å²) >= 11 is 6.34.